The summed E-state index contributed by atoms with van der Waals surface area (Å²) in [6, 6.07) is 7.20. The number of ether oxygens (including phenoxy) is 2. The van der Waals surface area contributed by atoms with Gasteiger partial charge < -0.3 is 9.47 Å². The molecule has 1 N–H and O–H groups in total. The highest BCUT2D eigenvalue weighted by Gasteiger charge is 2.16. The van der Waals surface area contributed by atoms with E-state index in [4.69, 9.17) is 14.7 Å². The molecule has 5 nitrogen and oxygen atoms in total. The van der Waals surface area contributed by atoms with Crippen molar-refractivity contribution in [1.82, 2.24) is 0 Å². The minimum Gasteiger partial charge on any atom is -0.497 e. The molecule has 0 aliphatic heterocycles. The maximum absolute atomic E-state index is 11.7. The van der Waals surface area contributed by atoms with Crippen molar-refractivity contribution < 1.29 is 14.3 Å². The number of nitrogens with zero attached hydrogens (tertiary/aromatic N) is 1. The van der Waals surface area contributed by atoms with E-state index in [9.17, 15) is 4.79 Å². The molecule has 19 heavy (non-hydrogen) atoms. The molecule has 0 saturated heterocycles. The molecule has 102 valence electrons. The number of carbonyl (C=O) groups is 1. The monoisotopic (exact) mass is 262 g/mol. The summed E-state index contributed by atoms with van der Waals surface area (Å²) in [6.45, 7) is 5.37. The third kappa shape index (κ3) is 5.30. The molecule has 1 amide bonds. The summed E-state index contributed by atoms with van der Waals surface area (Å²) in [5.74, 6) is 0.582. The summed E-state index contributed by atoms with van der Waals surface area (Å²) in [5.41, 5.74) is 0.755. The Balaban J connectivity index is 2.85. The molecular weight excluding hydrogens is 244 g/mol. The number of hydrogen-bond donors (Lipinski definition) is 1. The van der Waals surface area contributed by atoms with Crippen molar-refractivity contribution in [3.05, 3.63) is 23.8 Å². The number of rotatable bonds is 3. The van der Waals surface area contributed by atoms with Gasteiger partial charge in [-0.25, -0.2) is 4.79 Å². The second kappa shape index (κ2) is 6.10. The van der Waals surface area contributed by atoms with Gasteiger partial charge in [0.25, 0.3) is 0 Å². The van der Waals surface area contributed by atoms with Crippen LogP contribution in [-0.2, 0) is 11.2 Å². The average molecular weight is 262 g/mol. The molecule has 0 radical (unpaired) electrons. The Hall–Kier alpha value is -2.22. The highest BCUT2D eigenvalue weighted by Crippen LogP contribution is 2.22. The zero-order valence-corrected chi connectivity index (χ0v) is 11.6. The smallest absolute Gasteiger partial charge is 0.412 e. The van der Waals surface area contributed by atoms with E-state index in [-0.39, 0.29) is 6.42 Å². The van der Waals surface area contributed by atoms with Gasteiger partial charge in [0.2, 0.25) is 0 Å². The van der Waals surface area contributed by atoms with Crippen LogP contribution in [0.4, 0.5) is 10.5 Å². The molecule has 0 saturated carbocycles. The third-order valence-corrected chi connectivity index (χ3v) is 2.13. The molecular formula is C14H18N2O3. The highest BCUT2D eigenvalue weighted by atomic mass is 16.6. The van der Waals surface area contributed by atoms with E-state index in [1.807, 2.05) is 0 Å². The summed E-state index contributed by atoms with van der Waals surface area (Å²) in [6.07, 6.45) is -0.288. The molecule has 0 fully saturated rings. The topological polar surface area (TPSA) is 71.3 Å². The lowest BCUT2D eigenvalue weighted by Gasteiger charge is -2.20. The van der Waals surface area contributed by atoms with Crippen LogP contribution in [0, 0.1) is 11.3 Å². The minimum atomic E-state index is -0.557. The number of methoxy groups -OCH3 is 1. The molecule has 5 heteroatoms. The summed E-state index contributed by atoms with van der Waals surface area (Å²) in [4.78, 5) is 11.7. The van der Waals surface area contributed by atoms with Crippen LogP contribution in [0.1, 0.15) is 26.3 Å². The lowest BCUT2D eigenvalue weighted by molar-refractivity contribution is 0.0636. The second-order valence-electron chi connectivity index (χ2n) is 5.03. The highest BCUT2D eigenvalue weighted by molar-refractivity contribution is 5.85. The van der Waals surface area contributed by atoms with Crippen LogP contribution in [0.25, 0.3) is 0 Å². The molecule has 1 aromatic carbocycles. The van der Waals surface area contributed by atoms with Gasteiger partial charge in [-0.15, -0.1) is 0 Å². The summed E-state index contributed by atoms with van der Waals surface area (Å²) < 4.78 is 10.3. The number of amides is 1. The first-order chi connectivity index (χ1) is 8.84. The molecule has 0 atom stereocenters. The third-order valence-electron chi connectivity index (χ3n) is 2.13. The SMILES string of the molecule is COc1cc(CC#N)cc(NC(=O)OC(C)(C)C)c1. The molecule has 0 aromatic heterocycles. The van der Waals surface area contributed by atoms with E-state index in [1.54, 1.807) is 39.0 Å². The normalized spacial score (nSPS) is 10.5. The fourth-order valence-electron chi connectivity index (χ4n) is 1.47. The van der Waals surface area contributed by atoms with E-state index >= 15 is 0 Å². The standard InChI is InChI=1S/C14H18N2O3/c1-14(2,3)19-13(17)16-11-7-10(5-6-15)8-12(9-11)18-4/h7-9H,5H2,1-4H3,(H,16,17). The minimum absolute atomic E-state index is 0.250. The maximum Gasteiger partial charge on any atom is 0.412 e. The first kappa shape index (κ1) is 14.8. The molecule has 0 unspecified atom stereocenters. The van der Waals surface area contributed by atoms with Gasteiger partial charge in [-0.05, 0) is 38.5 Å². The Kier molecular flexibility index (Phi) is 4.76. The average Bonchev–Trinajstić information content (AvgIpc) is 2.26. The van der Waals surface area contributed by atoms with Crippen LogP contribution in [0.15, 0.2) is 18.2 Å². The predicted octanol–water partition coefficient (Wildman–Crippen LogP) is 3.11. The number of anilines is 1. The Bertz CT molecular complexity index is 498. The Morgan fingerprint density at radius 2 is 2.05 bits per heavy atom. The molecule has 0 bridgehead atoms. The van der Waals surface area contributed by atoms with Gasteiger partial charge in [-0.3, -0.25) is 5.32 Å². The lowest BCUT2D eigenvalue weighted by Crippen LogP contribution is -2.27. The number of nitriles is 1. The lowest BCUT2D eigenvalue weighted by atomic mass is 10.1. The van der Waals surface area contributed by atoms with Gasteiger partial charge >= 0.3 is 6.09 Å². The number of hydrogen-bond acceptors (Lipinski definition) is 4. The molecule has 0 heterocycles. The number of carbonyl (C=O) groups excluding carboxylic acids is 1. The Morgan fingerprint density at radius 3 is 2.58 bits per heavy atom. The van der Waals surface area contributed by atoms with Gasteiger partial charge in [-0.1, -0.05) is 0 Å². The molecule has 0 aliphatic rings. The van der Waals surface area contributed by atoms with E-state index in [0.717, 1.165) is 5.56 Å². The zero-order valence-electron chi connectivity index (χ0n) is 11.6. The summed E-state index contributed by atoms with van der Waals surface area (Å²) in [7, 11) is 1.53. The molecule has 0 spiro atoms. The fraction of sp³-hybridized carbons (Fsp3) is 0.429. The van der Waals surface area contributed by atoms with E-state index < -0.39 is 11.7 Å². The maximum atomic E-state index is 11.7. The van der Waals surface area contributed by atoms with Gasteiger partial charge in [0.05, 0.1) is 19.6 Å². The number of nitrogens with one attached hydrogen (secondary N) is 1. The fourth-order valence-corrected chi connectivity index (χ4v) is 1.47. The van der Waals surface area contributed by atoms with Gasteiger partial charge in [0, 0.05) is 11.8 Å². The van der Waals surface area contributed by atoms with Gasteiger partial charge in [-0.2, -0.15) is 5.26 Å². The first-order valence-electron chi connectivity index (χ1n) is 5.89. The second-order valence-corrected chi connectivity index (χ2v) is 5.03. The quantitative estimate of drug-likeness (QED) is 0.908. The van der Waals surface area contributed by atoms with E-state index in [2.05, 4.69) is 11.4 Å². The van der Waals surface area contributed by atoms with Crippen LogP contribution in [-0.4, -0.2) is 18.8 Å². The van der Waals surface area contributed by atoms with Crippen LogP contribution in [0.5, 0.6) is 5.75 Å². The largest absolute Gasteiger partial charge is 0.497 e. The number of benzene rings is 1. The Morgan fingerprint density at radius 1 is 1.37 bits per heavy atom. The van der Waals surface area contributed by atoms with Crippen LogP contribution >= 0.6 is 0 Å². The summed E-state index contributed by atoms with van der Waals surface area (Å²) in [5, 5.41) is 11.3. The van der Waals surface area contributed by atoms with Gasteiger partial charge in [0.1, 0.15) is 11.4 Å². The van der Waals surface area contributed by atoms with Crippen molar-refractivity contribution in [2.24, 2.45) is 0 Å². The Labute approximate surface area is 113 Å². The van der Waals surface area contributed by atoms with Crippen molar-refractivity contribution in [2.45, 2.75) is 32.8 Å². The van der Waals surface area contributed by atoms with Crippen LogP contribution in [0.3, 0.4) is 0 Å². The molecule has 0 aliphatic carbocycles. The van der Waals surface area contributed by atoms with Crippen LogP contribution < -0.4 is 10.1 Å². The molecule has 1 aromatic rings. The van der Waals surface area contributed by atoms with E-state index in [1.165, 1.54) is 7.11 Å². The van der Waals surface area contributed by atoms with Crippen LogP contribution in [0.2, 0.25) is 0 Å². The predicted molar refractivity (Wildman–Crippen MR) is 72.2 cm³/mol. The van der Waals surface area contributed by atoms with Crippen molar-refractivity contribution in [1.29, 1.82) is 5.26 Å². The zero-order chi connectivity index (χ0) is 14.5. The van der Waals surface area contributed by atoms with Gasteiger partial charge in [0.15, 0.2) is 0 Å². The van der Waals surface area contributed by atoms with Crippen molar-refractivity contribution in [3.8, 4) is 11.8 Å². The summed E-state index contributed by atoms with van der Waals surface area (Å²) >= 11 is 0. The first-order valence-corrected chi connectivity index (χ1v) is 5.89. The van der Waals surface area contributed by atoms with E-state index in [0.29, 0.717) is 11.4 Å². The van der Waals surface area contributed by atoms with Crippen molar-refractivity contribution in [2.75, 3.05) is 12.4 Å². The van der Waals surface area contributed by atoms with Crippen molar-refractivity contribution in [3.63, 3.8) is 0 Å². The molecule has 1 rings (SSSR count). The van der Waals surface area contributed by atoms with Crippen molar-refractivity contribution >= 4 is 11.8 Å².